The lowest BCUT2D eigenvalue weighted by molar-refractivity contribution is -0.0907. The monoisotopic (exact) mass is 602 g/mol. The predicted molar refractivity (Wildman–Crippen MR) is 156 cm³/mol. The quantitative estimate of drug-likeness (QED) is 0.487. The van der Waals surface area contributed by atoms with E-state index < -0.39 is 34.4 Å². The van der Waals surface area contributed by atoms with Gasteiger partial charge < -0.3 is 29.4 Å². The average Bonchev–Trinajstić information content (AvgIpc) is 3.61. The SMILES string of the molecule is C[C@H](c1ccccc1)[C@H](NC(=O)O[C@H]1CO[C@H]2OCCC21)[C@H](O)CN1CCCCCCCOc2cccc(c2)S1(=O)=O. The number of amides is 1. The van der Waals surface area contributed by atoms with Crippen LogP contribution in [0, 0.1) is 5.92 Å². The Labute approximate surface area is 248 Å². The van der Waals surface area contributed by atoms with E-state index in [1.54, 1.807) is 18.2 Å². The first kappa shape index (κ1) is 30.7. The molecule has 0 saturated carbocycles. The Morgan fingerprint density at radius 1 is 1.05 bits per heavy atom. The van der Waals surface area contributed by atoms with Gasteiger partial charge in [-0.2, -0.15) is 4.31 Å². The molecule has 0 radical (unpaired) electrons. The number of aliphatic hydroxyl groups is 1. The Hall–Kier alpha value is -2.70. The highest BCUT2D eigenvalue weighted by atomic mass is 32.2. The van der Waals surface area contributed by atoms with E-state index in [1.807, 2.05) is 37.3 Å². The van der Waals surface area contributed by atoms with E-state index in [9.17, 15) is 18.3 Å². The maximum absolute atomic E-state index is 13.9. The lowest BCUT2D eigenvalue weighted by Crippen LogP contribution is -2.52. The Kier molecular flexibility index (Phi) is 10.4. The molecule has 2 aromatic carbocycles. The number of β-amino-alcohol motifs (C(OH)–C–C–N with tert-alkyl or cyclic N) is 1. The van der Waals surface area contributed by atoms with Crippen LogP contribution in [0.1, 0.15) is 56.9 Å². The van der Waals surface area contributed by atoms with E-state index in [2.05, 4.69) is 5.32 Å². The number of alkyl carbamates (subject to hydrolysis) is 1. The minimum atomic E-state index is -3.96. The Bertz CT molecular complexity index is 1280. The number of fused-ring (bicyclic) bond motifs is 3. The molecule has 3 heterocycles. The van der Waals surface area contributed by atoms with Gasteiger partial charge in [0.25, 0.3) is 0 Å². The van der Waals surface area contributed by atoms with Gasteiger partial charge in [0.05, 0.1) is 42.8 Å². The maximum Gasteiger partial charge on any atom is 0.407 e. The summed E-state index contributed by atoms with van der Waals surface area (Å²) in [6.45, 7) is 3.30. The number of ether oxygens (including phenoxy) is 4. The van der Waals surface area contributed by atoms with Crippen molar-refractivity contribution >= 4 is 16.1 Å². The number of sulfonamides is 1. The standard InChI is InChI=1S/C31H42N2O8S/c1-22(23-11-6-5-7-12-23)29(32-31(35)41-28-21-40-30-26(28)15-18-39-30)27(34)20-33-16-8-3-2-4-9-17-38-24-13-10-14-25(19-24)42(33,36)37/h5-7,10-14,19,22,26-30,34H,2-4,8-9,15-18,20-21H2,1H3,(H,32,35)/t22-,26?,27-,28+,29+,30-/m1/s1. The largest absolute Gasteiger partial charge is 0.494 e. The summed E-state index contributed by atoms with van der Waals surface area (Å²) < 4.78 is 51.8. The number of carbonyl (C=O) groups excluding carboxylic acids is 1. The van der Waals surface area contributed by atoms with Crippen molar-refractivity contribution in [2.45, 2.75) is 80.8 Å². The van der Waals surface area contributed by atoms with Gasteiger partial charge in [-0.25, -0.2) is 13.2 Å². The summed E-state index contributed by atoms with van der Waals surface area (Å²) in [7, 11) is -3.96. The molecule has 2 aromatic rings. The number of nitrogens with zero attached hydrogens (tertiary/aromatic N) is 1. The van der Waals surface area contributed by atoms with Crippen molar-refractivity contribution in [3.63, 3.8) is 0 Å². The summed E-state index contributed by atoms with van der Waals surface area (Å²) in [5.74, 6) is 0.134. The van der Waals surface area contributed by atoms with Crippen LogP contribution in [-0.4, -0.2) is 81.4 Å². The minimum absolute atomic E-state index is 0.0258. The third-order valence-electron chi connectivity index (χ3n) is 8.46. The summed E-state index contributed by atoms with van der Waals surface area (Å²) in [5, 5.41) is 14.5. The fourth-order valence-corrected chi connectivity index (χ4v) is 7.52. The minimum Gasteiger partial charge on any atom is -0.494 e. The average molecular weight is 603 g/mol. The van der Waals surface area contributed by atoms with Crippen LogP contribution in [0.4, 0.5) is 4.79 Å². The van der Waals surface area contributed by atoms with Crippen LogP contribution in [0.5, 0.6) is 5.75 Å². The molecule has 2 fully saturated rings. The van der Waals surface area contributed by atoms with Crippen molar-refractivity contribution in [3.8, 4) is 5.75 Å². The van der Waals surface area contributed by atoms with Crippen molar-refractivity contribution in [2.24, 2.45) is 5.92 Å². The zero-order valence-electron chi connectivity index (χ0n) is 24.1. The normalized spacial score (nSPS) is 26.8. The fraction of sp³-hybridized carbons (Fsp3) is 0.581. The molecule has 230 valence electrons. The summed E-state index contributed by atoms with van der Waals surface area (Å²) in [6.07, 6.45) is 2.43. The van der Waals surface area contributed by atoms with Crippen LogP contribution in [0.15, 0.2) is 59.5 Å². The molecule has 10 nitrogen and oxygen atoms in total. The number of aliphatic hydroxyl groups excluding tert-OH is 1. The zero-order chi connectivity index (χ0) is 29.5. The van der Waals surface area contributed by atoms with E-state index in [1.165, 1.54) is 10.4 Å². The van der Waals surface area contributed by atoms with Gasteiger partial charge in [0.1, 0.15) is 11.9 Å². The first-order valence-electron chi connectivity index (χ1n) is 15.0. The molecule has 3 aliphatic rings. The van der Waals surface area contributed by atoms with E-state index in [-0.39, 0.29) is 42.7 Å². The van der Waals surface area contributed by atoms with Crippen LogP contribution >= 0.6 is 0 Å². The van der Waals surface area contributed by atoms with Gasteiger partial charge in [0.2, 0.25) is 10.0 Å². The van der Waals surface area contributed by atoms with Gasteiger partial charge in [-0.15, -0.1) is 0 Å². The van der Waals surface area contributed by atoms with Crippen molar-refractivity contribution in [1.82, 2.24) is 9.62 Å². The van der Waals surface area contributed by atoms with Gasteiger partial charge in [-0.05, 0) is 37.0 Å². The number of hydrogen-bond acceptors (Lipinski definition) is 8. The molecule has 6 atom stereocenters. The number of rotatable bonds is 7. The van der Waals surface area contributed by atoms with Crippen molar-refractivity contribution in [3.05, 3.63) is 60.2 Å². The highest BCUT2D eigenvalue weighted by molar-refractivity contribution is 7.89. The second-order valence-corrected chi connectivity index (χ2v) is 13.3. The number of hydrogen-bond donors (Lipinski definition) is 2. The maximum atomic E-state index is 13.9. The van der Waals surface area contributed by atoms with Crippen LogP contribution in [0.2, 0.25) is 0 Å². The molecule has 2 saturated heterocycles. The lowest BCUT2D eigenvalue weighted by atomic mass is 9.89. The molecule has 0 aromatic heterocycles. The van der Waals surface area contributed by atoms with Gasteiger partial charge in [-0.1, -0.05) is 62.6 Å². The summed E-state index contributed by atoms with van der Waals surface area (Å²) in [6, 6.07) is 15.2. The molecular weight excluding hydrogens is 560 g/mol. The Morgan fingerprint density at radius 2 is 1.83 bits per heavy atom. The predicted octanol–water partition coefficient (Wildman–Crippen LogP) is 4.04. The van der Waals surface area contributed by atoms with E-state index in [0.717, 1.165) is 37.7 Å². The molecule has 1 amide bonds. The first-order valence-corrected chi connectivity index (χ1v) is 16.4. The molecule has 0 spiro atoms. The summed E-state index contributed by atoms with van der Waals surface area (Å²) >= 11 is 0. The van der Waals surface area contributed by atoms with Crippen LogP contribution in [-0.2, 0) is 24.2 Å². The molecular formula is C31H42N2O8S. The zero-order valence-corrected chi connectivity index (χ0v) is 24.9. The second-order valence-electron chi connectivity index (χ2n) is 11.4. The van der Waals surface area contributed by atoms with Gasteiger partial charge >= 0.3 is 6.09 Å². The molecule has 2 N–H and O–H groups in total. The van der Waals surface area contributed by atoms with E-state index in [0.29, 0.717) is 25.4 Å². The molecule has 42 heavy (non-hydrogen) atoms. The lowest BCUT2D eigenvalue weighted by Gasteiger charge is -2.33. The van der Waals surface area contributed by atoms with E-state index in [4.69, 9.17) is 18.9 Å². The highest BCUT2D eigenvalue weighted by Crippen LogP contribution is 2.33. The first-order chi connectivity index (χ1) is 20.3. The van der Waals surface area contributed by atoms with Gasteiger partial charge in [0.15, 0.2) is 6.29 Å². The third kappa shape index (κ3) is 7.44. The Balaban J connectivity index is 1.36. The molecule has 0 aliphatic carbocycles. The van der Waals surface area contributed by atoms with Gasteiger partial charge in [-0.3, -0.25) is 0 Å². The molecule has 3 aliphatic heterocycles. The highest BCUT2D eigenvalue weighted by Gasteiger charge is 2.44. The van der Waals surface area contributed by atoms with Crippen LogP contribution in [0.3, 0.4) is 0 Å². The Morgan fingerprint density at radius 3 is 2.67 bits per heavy atom. The van der Waals surface area contributed by atoms with Crippen LogP contribution < -0.4 is 10.1 Å². The van der Waals surface area contributed by atoms with Crippen molar-refractivity contribution in [2.75, 3.05) is 32.9 Å². The van der Waals surface area contributed by atoms with Crippen molar-refractivity contribution < 1.29 is 37.3 Å². The fourth-order valence-electron chi connectivity index (χ4n) is 5.99. The smallest absolute Gasteiger partial charge is 0.407 e. The molecule has 2 bridgehead atoms. The van der Waals surface area contributed by atoms with Gasteiger partial charge in [0, 0.05) is 25.1 Å². The van der Waals surface area contributed by atoms with E-state index >= 15 is 0 Å². The summed E-state index contributed by atoms with van der Waals surface area (Å²) in [4.78, 5) is 13.3. The molecule has 1 unspecified atom stereocenters. The second kappa shape index (κ2) is 14.2. The number of carbonyl (C=O) groups is 1. The number of nitrogens with one attached hydrogen (secondary N) is 1. The van der Waals surface area contributed by atoms with Crippen molar-refractivity contribution in [1.29, 1.82) is 0 Å². The van der Waals surface area contributed by atoms with Crippen LogP contribution in [0.25, 0.3) is 0 Å². The number of benzene rings is 2. The topological polar surface area (TPSA) is 124 Å². The third-order valence-corrected chi connectivity index (χ3v) is 10.3. The summed E-state index contributed by atoms with van der Waals surface area (Å²) in [5.41, 5.74) is 0.896. The molecule has 5 rings (SSSR count). The molecule has 11 heteroatoms.